The average Bonchev–Trinajstić information content (AvgIpc) is 2.97. The van der Waals surface area contributed by atoms with Gasteiger partial charge in [0.1, 0.15) is 0 Å². The molecular formula is C17H23N3. The van der Waals surface area contributed by atoms with E-state index in [2.05, 4.69) is 42.2 Å². The van der Waals surface area contributed by atoms with Crippen LogP contribution < -0.4 is 5.73 Å². The Morgan fingerprint density at radius 3 is 2.60 bits per heavy atom. The van der Waals surface area contributed by atoms with Crippen LogP contribution in [0.5, 0.6) is 0 Å². The van der Waals surface area contributed by atoms with E-state index in [9.17, 15) is 0 Å². The summed E-state index contributed by atoms with van der Waals surface area (Å²) in [6.45, 7) is 0. The third-order valence-corrected chi connectivity index (χ3v) is 4.91. The van der Waals surface area contributed by atoms with E-state index < -0.39 is 0 Å². The lowest BCUT2D eigenvalue weighted by Gasteiger charge is -2.41. The summed E-state index contributed by atoms with van der Waals surface area (Å²) in [5, 5.41) is 1.17. The maximum atomic E-state index is 6.65. The first kappa shape index (κ1) is 13.5. The second-order valence-corrected chi connectivity index (χ2v) is 6.14. The molecule has 1 aromatic carbocycles. The molecule has 0 spiro atoms. The molecule has 1 unspecified atom stereocenters. The van der Waals surface area contributed by atoms with Crippen LogP contribution in [-0.2, 0) is 0 Å². The molecular weight excluding hydrogens is 246 g/mol. The largest absolute Gasteiger partial charge is 0.322 e. The smallest absolute Gasteiger partial charge is 0.0702 e. The van der Waals surface area contributed by atoms with E-state index in [0.29, 0.717) is 0 Å². The fourth-order valence-corrected chi connectivity index (χ4v) is 3.59. The van der Waals surface area contributed by atoms with Crippen LogP contribution in [0.2, 0.25) is 0 Å². The number of hydrogen-bond acceptors (Lipinski definition) is 3. The number of benzene rings is 1. The van der Waals surface area contributed by atoms with Gasteiger partial charge in [-0.25, -0.2) is 0 Å². The van der Waals surface area contributed by atoms with Gasteiger partial charge in [-0.05, 0) is 44.6 Å². The normalized spacial score (nSPS) is 19.6. The summed E-state index contributed by atoms with van der Waals surface area (Å²) in [7, 11) is 4.30. The molecule has 1 saturated carbocycles. The molecule has 1 aromatic heterocycles. The number of aromatic nitrogens is 1. The number of likely N-dealkylation sites (N-methyl/N-ethyl adjacent to an activating group) is 1. The molecule has 1 fully saturated rings. The topological polar surface area (TPSA) is 42.1 Å². The highest BCUT2D eigenvalue weighted by molar-refractivity contribution is 5.78. The lowest BCUT2D eigenvalue weighted by Crippen LogP contribution is -2.50. The van der Waals surface area contributed by atoms with Gasteiger partial charge in [-0.2, -0.15) is 0 Å². The molecule has 0 saturated heterocycles. The Labute approximate surface area is 120 Å². The summed E-state index contributed by atoms with van der Waals surface area (Å²) in [5.74, 6) is 0. The Bertz CT molecular complexity index is 600. The van der Waals surface area contributed by atoms with E-state index in [1.807, 2.05) is 18.3 Å². The highest BCUT2D eigenvalue weighted by atomic mass is 15.2. The van der Waals surface area contributed by atoms with E-state index in [0.717, 1.165) is 11.1 Å². The molecule has 1 atom stereocenters. The number of para-hydroxylation sites is 1. The number of hydrogen-bond donors (Lipinski definition) is 1. The fourth-order valence-electron chi connectivity index (χ4n) is 3.59. The van der Waals surface area contributed by atoms with Gasteiger partial charge in [-0.3, -0.25) is 4.98 Å². The number of fused-ring (bicyclic) bond motifs is 1. The first-order valence-electron chi connectivity index (χ1n) is 7.41. The zero-order valence-electron chi connectivity index (χ0n) is 12.3. The predicted octanol–water partition coefficient (Wildman–Crippen LogP) is 3.11. The Balaban J connectivity index is 2.00. The van der Waals surface area contributed by atoms with Crippen LogP contribution in [0.4, 0.5) is 0 Å². The van der Waals surface area contributed by atoms with Gasteiger partial charge in [-0.1, -0.05) is 31.0 Å². The van der Waals surface area contributed by atoms with E-state index in [1.165, 1.54) is 31.1 Å². The van der Waals surface area contributed by atoms with Crippen molar-refractivity contribution in [3.63, 3.8) is 0 Å². The molecule has 0 bridgehead atoms. The van der Waals surface area contributed by atoms with Crippen LogP contribution in [0, 0.1) is 0 Å². The minimum atomic E-state index is 0.0251. The van der Waals surface area contributed by atoms with Crippen molar-refractivity contribution in [1.29, 1.82) is 0 Å². The van der Waals surface area contributed by atoms with Crippen LogP contribution in [0.3, 0.4) is 0 Å². The van der Waals surface area contributed by atoms with Gasteiger partial charge >= 0.3 is 0 Å². The molecule has 2 N–H and O–H groups in total. The van der Waals surface area contributed by atoms with Gasteiger partial charge in [0, 0.05) is 23.2 Å². The van der Waals surface area contributed by atoms with Crippen molar-refractivity contribution in [1.82, 2.24) is 9.88 Å². The maximum Gasteiger partial charge on any atom is 0.0702 e. The maximum absolute atomic E-state index is 6.65. The Kier molecular flexibility index (Phi) is 3.48. The SMILES string of the molecule is CN(C)C1(C(N)c2cnc3ccccc3c2)CCCC1. The van der Waals surface area contributed by atoms with Gasteiger partial charge in [0.15, 0.2) is 0 Å². The first-order chi connectivity index (χ1) is 9.63. The summed E-state index contributed by atoms with van der Waals surface area (Å²) in [4.78, 5) is 6.88. The van der Waals surface area contributed by atoms with Crippen molar-refractivity contribution < 1.29 is 0 Å². The monoisotopic (exact) mass is 269 g/mol. The molecule has 0 amide bonds. The molecule has 2 aromatic rings. The van der Waals surface area contributed by atoms with Crippen molar-refractivity contribution in [3.05, 3.63) is 42.1 Å². The van der Waals surface area contributed by atoms with E-state index in [4.69, 9.17) is 5.73 Å². The summed E-state index contributed by atoms with van der Waals surface area (Å²) in [6.07, 6.45) is 6.85. The minimum absolute atomic E-state index is 0.0251. The standard InChI is InChI=1S/C17H23N3/c1-20(2)17(9-5-6-10-17)16(18)14-11-13-7-3-4-8-15(13)19-12-14/h3-4,7-8,11-12,16H,5-6,9-10,18H2,1-2H3. The van der Waals surface area contributed by atoms with Gasteiger partial charge in [0.05, 0.1) is 5.52 Å². The van der Waals surface area contributed by atoms with Crippen molar-refractivity contribution in [2.24, 2.45) is 5.73 Å². The molecule has 106 valence electrons. The zero-order chi connectivity index (χ0) is 14.2. The molecule has 3 rings (SSSR count). The van der Waals surface area contributed by atoms with Gasteiger partial charge in [0.2, 0.25) is 0 Å². The molecule has 1 aliphatic carbocycles. The highest BCUT2D eigenvalue weighted by Crippen LogP contribution is 2.42. The van der Waals surface area contributed by atoms with Gasteiger partial charge in [-0.15, -0.1) is 0 Å². The summed E-state index contributed by atoms with van der Waals surface area (Å²) < 4.78 is 0. The summed E-state index contributed by atoms with van der Waals surface area (Å²) in [6, 6.07) is 10.5. The molecule has 20 heavy (non-hydrogen) atoms. The predicted molar refractivity (Wildman–Crippen MR) is 83.6 cm³/mol. The second kappa shape index (κ2) is 5.15. The molecule has 3 heteroatoms. The Morgan fingerprint density at radius 1 is 1.20 bits per heavy atom. The third kappa shape index (κ3) is 2.11. The van der Waals surface area contributed by atoms with Crippen molar-refractivity contribution in [2.75, 3.05) is 14.1 Å². The molecule has 0 aliphatic heterocycles. The van der Waals surface area contributed by atoms with E-state index in [-0.39, 0.29) is 11.6 Å². The quantitative estimate of drug-likeness (QED) is 0.931. The van der Waals surface area contributed by atoms with Crippen LogP contribution in [-0.4, -0.2) is 29.5 Å². The van der Waals surface area contributed by atoms with E-state index in [1.54, 1.807) is 0 Å². The van der Waals surface area contributed by atoms with Crippen LogP contribution in [0.15, 0.2) is 36.5 Å². The summed E-state index contributed by atoms with van der Waals surface area (Å²) >= 11 is 0. The minimum Gasteiger partial charge on any atom is -0.322 e. The van der Waals surface area contributed by atoms with Crippen LogP contribution in [0.25, 0.3) is 10.9 Å². The van der Waals surface area contributed by atoms with E-state index >= 15 is 0 Å². The Hall–Kier alpha value is -1.45. The zero-order valence-corrected chi connectivity index (χ0v) is 12.3. The Morgan fingerprint density at radius 2 is 1.90 bits per heavy atom. The molecule has 1 heterocycles. The number of nitrogens with two attached hydrogens (primary N) is 1. The van der Waals surface area contributed by atoms with Crippen LogP contribution in [0.1, 0.15) is 37.3 Å². The van der Waals surface area contributed by atoms with Crippen molar-refractivity contribution in [2.45, 2.75) is 37.3 Å². The van der Waals surface area contributed by atoms with Crippen LogP contribution >= 0.6 is 0 Å². The fraction of sp³-hybridized carbons (Fsp3) is 0.471. The number of rotatable bonds is 3. The number of nitrogens with zero attached hydrogens (tertiary/aromatic N) is 2. The lowest BCUT2D eigenvalue weighted by atomic mass is 9.83. The molecule has 1 aliphatic rings. The van der Waals surface area contributed by atoms with Gasteiger partial charge in [0.25, 0.3) is 0 Å². The second-order valence-electron chi connectivity index (χ2n) is 6.14. The lowest BCUT2D eigenvalue weighted by molar-refractivity contribution is 0.123. The first-order valence-corrected chi connectivity index (χ1v) is 7.41. The third-order valence-electron chi connectivity index (χ3n) is 4.91. The van der Waals surface area contributed by atoms with Gasteiger partial charge < -0.3 is 10.6 Å². The van der Waals surface area contributed by atoms with Crippen molar-refractivity contribution in [3.8, 4) is 0 Å². The number of pyridine rings is 1. The average molecular weight is 269 g/mol. The van der Waals surface area contributed by atoms with Crippen molar-refractivity contribution >= 4 is 10.9 Å². The molecule has 0 radical (unpaired) electrons. The highest BCUT2D eigenvalue weighted by Gasteiger charge is 2.42. The summed E-state index contributed by atoms with van der Waals surface area (Å²) in [5.41, 5.74) is 8.92. The molecule has 3 nitrogen and oxygen atoms in total.